The first kappa shape index (κ1) is 22.2. The molecule has 26 heavy (non-hydrogen) atoms. The number of nitrogens with one attached hydrogen (secondary N) is 3. The number of urea groups is 1. The molecule has 0 saturated carbocycles. The Morgan fingerprint density at radius 1 is 1.46 bits per heavy atom. The topological polar surface area (TPSA) is 79.2 Å². The molecule has 0 spiro atoms. The van der Waals surface area contributed by atoms with Gasteiger partial charge >= 0.3 is 6.03 Å². The standard InChI is InChI=1S/C20H35FN4O/c1-5-14(2)10-18-16(4)17(13-24-19(18)11-21)7-6-15(3)12-25-20(26)23-9-8-22/h5,10-11,15-17,24H,6-9,12-13,22H2,1-4H3,(H2,23,25,26)/b14-5-,18-10-,19-11-. The van der Waals surface area contributed by atoms with Gasteiger partial charge in [0.15, 0.2) is 0 Å². The van der Waals surface area contributed by atoms with Crippen LogP contribution in [0.4, 0.5) is 9.18 Å². The number of carbonyl (C=O) groups excluding carboxylic acids is 1. The van der Waals surface area contributed by atoms with Gasteiger partial charge in [0.1, 0.15) is 6.33 Å². The Hall–Kier alpha value is -1.82. The highest BCUT2D eigenvalue weighted by Crippen LogP contribution is 2.34. The third kappa shape index (κ3) is 7.20. The molecule has 1 rings (SSSR count). The Morgan fingerprint density at radius 3 is 2.81 bits per heavy atom. The third-order valence-corrected chi connectivity index (χ3v) is 5.08. The summed E-state index contributed by atoms with van der Waals surface area (Å²) in [6, 6.07) is -0.167. The van der Waals surface area contributed by atoms with E-state index in [1.54, 1.807) is 0 Å². The van der Waals surface area contributed by atoms with Crippen LogP contribution in [0, 0.1) is 17.8 Å². The molecule has 0 aromatic carbocycles. The fourth-order valence-electron chi connectivity index (χ4n) is 3.13. The van der Waals surface area contributed by atoms with Gasteiger partial charge in [0.05, 0.1) is 5.70 Å². The maximum atomic E-state index is 13.2. The molecule has 148 valence electrons. The average molecular weight is 367 g/mol. The maximum absolute atomic E-state index is 13.2. The van der Waals surface area contributed by atoms with Crippen molar-refractivity contribution >= 4 is 6.03 Å². The summed E-state index contributed by atoms with van der Waals surface area (Å²) >= 11 is 0. The Kier molecular flexibility index (Phi) is 10.0. The van der Waals surface area contributed by atoms with Gasteiger partial charge < -0.3 is 21.7 Å². The van der Waals surface area contributed by atoms with Crippen molar-refractivity contribution in [3.63, 3.8) is 0 Å². The largest absolute Gasteiger partial charge is 0.383 e. The Balaban J connectivity index is 2.54. The minimum atomic E-state index is -0.167. The van der Waals surface area contributed by atoms with Crippen LogP contribution in [0.25, 0.3) is 0 Å². The van der Waals surface area contributed by atoms with E-state index < -0.39 is 0 Å². The minimum Gasteiger partial charge on any atom is -0.383 e. The number of allylic oxidation sites excluding steroid dienone is 4. The lowest BCUT2D eigenvalue weighted by Crippen LogP contribution is -2.40. The van der Waals surface area contributed by atoms with Gasteiger partial charge in [-0.25, -0.2) is 9.18 Å². The lowest BCUT2D eigenvalue weighted by molar-refractivity contribution is 0.238. The number of piperidine rings is 1. The molecule has 0 aromatic rings. The average Bonchev–Trinajstić information content (AvgIpc) is 2.64. The van der Waals surface area contributed by atoms with Crippen molar-refractivity contribution in [2.24, 2.45) is 23.5 Å². The summed E-state index contributed by atoms with van der Waals surface area (Å²) in [5.41, 5.74) is 8.13. The fraction of sp³-hybridized carbons (Fsp3) is 0.650. The van der Waals surface area contributed by atoms with Gasteiger partial charge in [-0.05, 0) is 50.0 Å². The van der Waals surface area contributed by atoms with E-state index >= 15 is 0 Å². The van der Waals surface area contributed by atoms with Gasteiger partial charge in [-0.1, -0.05) is 31.6 Å². The lowest BCUT2D eigenvalue weighted by Gasteiger charge is -2.34. The number of nitrogens with two attached hydrogens (primary N) is 1. The smallest absolute Gasteiger partial charge is 0.314 e. The van der Waals surface area contributed by atoms with Crippen LogP contribution < -0.4 is 21.7 Å². The lowest BCUT2D eigenvalue weighted by atomic mass is 9.78. The van der Waals surface area contributed by atoms with Crippen LogP contribution in [0.3, 0.4) is 0 Å². The third-order valence-electron chi connectivity index (χ3n) is 5.08. The first-order chi connectivity index (χ1) is 12.4. The van der Waals surface area contributed by atoms with Crippen LogP contribution in [-0.2, 0) is 0 Å². The SMILES string of the molecule is C\C=C(C)/C=C1\C(=C\F)NCC(CCC(C)CNC(=O)NCCN)C1C. The second-order valence-corrected chi connectivity index (χ2v) is 7.19. The number of amides is 2. The summed E-state index contributed by atoms with van der Waals surface area (Å²) in [5, 5.41) is 8.80. The number of hydrogen-bond acceptors (Lipinski definition) is 3. The highest BCUT2D eigenvalue weighted by molar-refractivity contribution is 5.73. The van der Waals surface area contributed by atoms with Crippen molar-refractivity contribution in [2.45, 2.75) is 40.5 Å². The number of hydrogen-bond donors (Lipinski definition) is 4. The molecule has 1 aliphatic heterocycles. The van der Waals surface area contributed by atoms with Crippen molar-refractivity contribution in [1.29, 1.82) is 0 Å². The van der Waals surface area contributed by atoms with E-state index in [-0.39, 0.29) is 6.03 Å². The van der Waals surface area contributed by atoms with Crippen LogP contribution in [0.2, 0.25) is 0 Å². The van der Waals surface area contributed by atoms with E-state index in [0.717, 1.165) is 30.5 Å². The van der Waals surface area contributed by atoms with Crippen molar-refractivity contribution in [3.8, 4) is 0 Å². The molecule has 6 heteroatoms. The first-order valence-electron chi connectivity index (χ1n) is 9.53. The zero-order valence-electron chi connectivity index (χ0n) is 16.6. The van der Waals surface area contributed by atoms with Gasteiger partial charge in [-0.3, -0.25) is 0 Å². The van der Waals surface area contributed by atoms with Gasteiger partial charge in [-0.2, -0.15) is 0 Å². The molecule has 1 fully saturated rings. The van der Waals surface area contributed by atoms with E-state index in [1.165, 1.54) is 0 Å². The molecule has 2 amide bonds. The van der Waals surface area contributed by atoms with Crippen molar-refractivity contribution < 1.29 is 9.18 Å². The van der Waals surface area contributed by atoms with Crippen LogP contribution in [0.1, 0.15) is 40.5 Å². The van der Waals surface area contributed by atoms with E-state index in [0.29, 0.717) is 49.4 Å². The summed E-state index contributed by atoms with van der Waals surface area (Å²) in [6.45, 7) is 10.7. The second-order valence-electron chi connectivity index (χ2n) is 7.19. The summed E-state index contributed by atoms with van der Waals surface area (Å²) in [5.74, 6) is 1.12. The zero-order valence-corrected chi connectivity index (χ0v) is 16.6. The number of rotatable bonds is 8. The van der Waals surface area contributed by atoms with Crippen LogP contribution in [-0.4, -0.2) is 32.2 Å². The monoisotopic (exact) mass is 366 g/mol. The van der Waals surface area contributed by atoms with Crippen molar-refractivity contribution in [1.82, 2.24) is 16.0 Å². The summed E-state index contributed by atoms with van der Waals surface area (Å²) in [7, 11) is 0. The number of halogens is 1. The molecule has 0 radical (unpaired) electrons. The van der Waals surface area contributed by atoms with Gasteiger partial charge in [0.2, 0.25) is 0 Å². The normalized spacial score (nSPS) is 25.1. The van der Waals surface area contributed by atoms with Gasteiger partial charge in [-0.15, -0.1) is 0 Å². The highest BCUT2D eigenvalue weighted by Gasteiger charge is 2.28. The molecule has 0 bridgehead atoms. The molecule has 1 aliphatic rings. The second kappa shape index (κ2) is 11.7. The Labute approximate surface area is 157 Å². The molecule has 0 aromatic heterocycles. The molecule has 1 heterocycles. The predicted octanol–water partition coefficient (Wildman–Crippen LogP) is 3.22. The van der Waals surface area contributed by atoms with Gasteiger partial charge in [0, 0.05) is 26.2 Å². The summed E-state index contributed by atoms with van der Waals surface area (Å²) in [4.78, 5) is 11.6. The van der Waals surface area contributed by atoms with Crippen molar-refractivity contribution in [3.05, 3.63) is 35.3 Å². The molecular formula is C20H35FN4O. The van der Waals surface area contributed by atoms with Crippen LogP contribution >= 0.6 is 0 Å². The van der Waals surface area contributed by atoms with Crippen LogP contribution in [0.5, 0.6) is 0 Å². The minimum absolute atomic E-state index is 0.167. The van der Waals surface area contributed by atoms with E-state index in [4.69, 9.17) is 5.73 Å². The molecule has 1 saturated heterocycles. The summed E-state index contributed by atoms with van der Waals surface area (Å²) < 4.78 is 13.2. The van der Waals surface area contributed by atoms with E-state index in [1.807, 2.05) is 19.9 Å². The quantitative estimate of drug-likeness (QED) is 0.532. The number of carbonyl (C=O) groups is 1. The van der Waals surface area contributed by atoms with Crippen molar-refractivity contribution in [2.75, 3.05) is 26.2 Å². The highest BCUT2D eigenvalue weighted by atomic mass is 19.1. The molecule has 0 aliphatic carbocycles. The molecule has 3 unspecified atom stereocenters. The molecular weight excluding hydrogens is 331 g/mol. The first-order valence-corrected chi connectivity index (χ1v) is 9.53. The summed E-state index contributed by atoms with van der Waals surface area (Å²) in [6.07, 6.45) is 6.82. The van der Waals surface area contributed by atoms with E-state index in [9.17, 15) is 9.18 Å². The molecule has 5 N–H and O–H groups in total. The van der Waals surface area contributed by atoms with Crippen LogP contribution in [0.15, 0.2) is 35.3 Å². The Bertz CT molecular complexity index is 542. The molecule has 5 nitrogen and oxygen atoms in total. The molecule has 3 atom stereocenters. The fourth-order valence-corrected chi connectivity index (χ4v) is 3.13. The predicted molar refractivity (Wildman–Crippen MR) is 106 cm³/mol. The zero-order chi connectivity index (χ0) is 19.5. The van der Waals surface area contributed by atoms with E-state index in [2.05, 4.69) is 35.9 Å². The Morgan fingerprint density at radius 2 is 2.19 bits per heavy atom. The van der Waals surface area contributed by atoms with Gasteiger partial charge in [0.25, 0.3) is 0 Å². The maximum Gasteiger partial charge on any atom is 0.314 e.